The van der Waals surface area contributed by atoms with Crippen LogP contribution in [0, 0.1) is 5.41 Å². The van der Waals surface area contributed by atoms with E-state index in [-0.39, 0.29) is 17.9 Å². The van der Waals surface area contributed by atoms with Gasteiger partial charge in [0, 0.05) is 12.7 Å². The summed E-state index contributed by atoms with van der Waals surface area (Å²) in [5.74, 6) is -0.0935. The van der Waals surface area contributed by atoms with Crippen molar-refractivity contribution in [3.05, 3.63) is 54.6 Å². The second-order valence-corrected chi connectivity index (χ2v) is 6.94. The third-order valence-electron chi connectivity index (χ3n) is 4.05. The molecule has 2 aromatic rings. The van der Waals surface area contributed by atoms with Crippen LogP contribution in [0.25, 0.3) is 0 Å². The van der Waals surface area contributed by atoms with Gasteiger partial charge in [-0.2, -0.15) is 0 Å². The number of amides is 2. The topological polar surface area (TPSA) is 58.6 Å². The number of ether oxygens (including phenoxy) is 1. The maximum atomic E-state index is 12.9. The molecule has 0 aliphatic rings. The molecule has 0 radical (unpaired) electrons. The van der Waals surface area contributed by atoms with Gasteiger partial charge in [-0.05, 0) is 52.0 Å². The number of carbonyl (C=O) groups is 2. The molecule has 138 valence electrons. The van der Waals surface area contributed by atoms with Gasteiger partial charge in [-0.3, -0.25) is 9.59 Å². The van der Waals surface area contributed by atoms with Gasteiger partial charge in [-0.1, -0.05) is 30.3 Å². The van der Waals surface area contributed by atoms with E-state index >= 15 is 0 Å². The molecule has 0 saturated carbocycles. The molecule has 0 spiro atoms. The van der Waals surface area contributed by atoms with E-state index < -0.39 is 5.41 Å². The van der Waals surface area contributed by atoms with Crippen molar-refractivity contribution in [1.82, 2.24) is 0 Å². The molecule has 26 heavy (non-hydrogen) atoms. The third-order valence-corrected chi connectivity index (χ3v) is 4.05. The summed E-state index contributed by atoms with van der Waals surface area (Å²) < 4.78 is 5.73. The number of nitrogens with one attached hydrogen (secondary N) is 1. The van der Waals surface area contributed by atoms with E-state index in [9.17, 15) is 9.59 Å². The highest BCUT2D eigenvalue weighted by molar-refractivity contribution is 6.14. The van der Waals surface area contributed by atoms with E-state index in [1.807, 2.05) is 56.3 Å². The highest BCUT2D eigenvalue weighted by atomic mass is 16.5. The Morgan fingerprint density at radius 2 is 1.58 bits per heavy atom. The van der Waals surface area contributed by atoms with Crippen LogP contribution in [0.2, 0.25) is 0 Å². The van der Waals surface area contributed by atoms with Gasteiger partial charge in [0.15, 0.2) is 0 Å². The van der Waals surface area contributed by atoms with Crippen molar-refractivity contribution in [2.75, 3.05) is 17.3 Å². The standard InChI is InChI=1S/C21H26N2O3/c1-15(2)26-18-14-10-9-13-17(18)22-19(24)21(3,4)20(25)23(5)16-11-7-6-8-12-16/h6-15H,1-5H3,(H,22,24). The van der Waals surface area contributed by atoms with Crippen molar-refractivity contribution in [2.45, 2.75) is 33.8 Å². The first-order chi connectivity index (χ1) is 12.2. The van der Waals surface area contributed by atoms with Crippen molar-refractivity contribution in [2.24, 2.45) is 5.41 Å². The molecule has 0 unspecified atom stereocenters. The zero-order valence-electron chi connectivity index (χ0n) is 15.9. The van der Waals surface area contributed by atoms with Gasteiger partial charge in [-0.15, -0.1) is 0 Å². The van der Waals surface area contributed by atoms with Crippen LogP contribution in [0.4, 0.5) is 11.4 Å². The first-order valence-corrected chi connectivity index (χ1v) is 8.64. The van der Waals surface area contributed by atoms with Crippen LogP contribution >= 0.6 is 0 Å². The first-order valence-electron chi connectivity index (χ1n) is 8.64. The number of hydrogen-bond acceptors (Lipinski definition) is 3. The lowest BCUT2D eigenvalue weighted by molar-refractivity contribution is -0.136. The van der Waals surface area contributed by atoms with Crippen molar-refractivity contribution >= 4 is 23.2 Å². The molecule has 0 atom stereocenters. The van der Waals surface area contributed by atoms with Crippen molar-refractivity contribution < 1.29 is 14.3 Å². The Bertz CT molecular complexity index is 770. The molecule has 0 bridgehead atoms. The second kappa shape index (κ2) is 8.04. The second-order valence-electron chi connectivity index (χ2n) is 6.94. The maximum Gasteiger partial charge on any atom is 0.241 e. The van der Waals surface area contributed by atoms with Gasteiger partial charge in [-0.25, -0.2) is 0 Å². The number of carbonyl (C=O) groups excluding carboxylic acids is 2. The fourth-order valence-electron chi connectivity index (χ4n) is 2.49. The summed E-state index contributed by atoms with van der Waals surface area (Å²) in [5, 5.41) is 2.83. The molecular formula is C21H26N2O3. The summed E-state index contributed by atoms with van der Waals surface area (Å²) >= 11 is 0. The smallest absolute Gasteiger partial charge is 0.241 e. The molecule has 0 heterocycles. The normalized spacial score (nSPS) is 11.2. The molecule has 0 saturated heterocycles. The monoisotopic (exact) mass is 354 g/mol. The van der Waals surface area contributed by atoms with Crippen molar-refractivity contribution in [1.29, 1.82) is 0 Å². The minimum absolute atomic E-state index is 0.0214. The lowest BCUT2D eigenvalue weighted by Gasteiger charge is -2.28. The van der Waals surface area contributed by atoms with Gasteiger partial charge in [0.1, 0.15) is 11.2 Å². The lowest BCUT2D eigenvalue weighted by Crippen LogP contribution is -2.46. The van der Waals surface area contributed by atoms with E-state index in [1.165, 1.54) is 4.90 Å². The van der Waals surface area contributed by atoms with Gasteiger partial charge < -0.3 is 15.0 Å². The van der Waals surface area contributed by atoms with Gasteiger partial charge in [0.25, 0.3) is 0 Å². The summed E-state index contributed by atoms with van der Waals surface area (Å²) in [5.41, 5.74) is 0.0477. The first kappa shape index (κ1) is 19.5. The van der Waals surface area contributed by atoms with Gasteiger partial charge in [0.05, 0.1) is 11.8 Å². The summed E-state index contributed by atoms with van der Waals surface area (Å²) in [6.07, 6.45) is -0.0214. The quantitative estimate of drug-likeness (QED) is 0.795. The van der Waals surface area contributed by atoms with Crippen LogP contribution in [-0.2, 0) is 9.59 Å². The summed E-state index contributed by atoms with van der Waals surface area (Å²) in [6, 6.07) is 16.5. The number of para-hydroxylation sites is 3. The zero-order valence-corrected chi connectivity index (χ0v) is 15.9. The average molecular weight is 354 g/mol. The molecule has 5 heteroatoms. The van der Waals surface area contributed by atoms with Crippen LogP contribution in [-0.4, -0.2) is 25.0 Å². The van der Waals surface area contributed by atoms with Crippen LogP contribution in [0.1, 0.15) is 27.7 Å². The molecule has 0 aromatic heterocycles. The van der Waals surface area contributed by atoms with Gasteiger partial charge >= 0.3 is 0 Å². The van der Waals surface area contributed by atoms with Crippen LogP contribution in [0.5, 0.6) is 5.75 Å². The minimum atomic E-state index is -1.24. The van der Waals surface area contributed by atoms with Crippen LogP contribution in [0.3, 0.4) is 0 Å². The SMILES string of the molecule is CC(C)Oc1ccccc1NC(=O)C(C)(C)C(=O)N(C)c1ccccc1. The van der Waals surface area contributed by atoms with E-state index in [0.717, 1.165) is 5.69 Å². The number of rotatable bonds is 6. The molecule has 2 rings (SSSR count). The maximum absolute atomic E-state index is 12.9. The molecule has 0 fully saturated rings. The van der Waals surface area contributed by atoms with Crippen molar-refractivity contribution in [3.63, 3.8) is 0 Å². The predicted octanol–water partition coefficient (Wildman–Crippen LogP) is 4.10. The Morgan fingerprint density at radius 1 is 1.00 bits per heavy atom. The Morgan fingerprint density at radius 3 is 2.19 bits per heavy atom. The Labute approximate surface area is 155 Å². The fourth-order valence-corrected chi connectivity index (χ4v) is 2.49. The summed E-state index contributed by atoms with van der Waals surface area (Å²) in [7, 11) is 1.67. The lowest BCUT2D eigenvalue weighted by atomic mass is 9.90. The molecular weight excluding hydrogens is 328 g/mol. The third kappa shape index (κ3) is 4.42. The fraction of sp³-hybridized carbons (Fsp3) is 0.333. The number of hydrogen-bond donors (Lipinski definition) is 1. The average Bonchev–Trinajstić information content (AvgIpc) is 2.62. The summed E-state index contributed by atoms with van der Waals surface area (Å²) in [4.78, 5) is 27.2. The van der Waals surface area contributed by atoms with E-state index in [4.69, 9.17) is 4.74 Å². The largest absolute Gasteiger partial charge is 0.489 e. The number of nitrogens with zero attached hydrogens (tertiary/aromatic N) is 1. The highest BCUT2D eigenvalue weighted by Gasteiger charge is 2.39. The van der Waals surface area contributed by atoms with E-state index in [0.29, 0.717) is 11.4 Å². The van der Waals surface area contributed by atoms with E-state index in [1.54, 1.807) is 33.0 Å². The number of benzene rings is 2. The highest BCUT2D eigenvalue weighted by Crippen LogP contribution is 2.29. The predicted molar refractivity (Wildman–Crippen MR) is 104 cm³/mol. The van der Waals surface area contributed by atoms with Crippen LogP contribution < -0.4 is 15.0 Å². The molecule has 0 aliphatic carbocycles. The summed E-state index contributed by atoms with van der Waals surface area (Å²) in [6.45, 7) is 7.08. The molecule has 2 amide bonds. The minimum Gasteiger partial charge on any atom is -0.489 e. The Hall–Kier alpha value is -2.82. The Balaban J connectivity index is 2.19. The Kier molecular flexibility index (Phi) is 6.03. The molecule has 1 N–H and O–H groups in total. The van der Waals surface area contributed by atoms with Gasteiger partial charge in [0.2, 0.25) is 11.8 Å². The van der Waals surface area contributed by atoms with E-state index in [2.05, 4.69) is 5.32 Å². The molecule has 0 aliphatic heterocycles. The molecule has 2 aromatic carbocycles. The number of anilines is 2. The van der Waals surface area contributed by atoms with Crippen LogP contribution in [0.15, 0.2) is 54.6 Å². The van der Waals surface area contributed by atoms with Crippen molar-refractivity contribution in [3.8, 4) is 5.75 Å². The molecule has 5 nitrogen and oxygen atoms in total. The zero-order chi connectivity index (χ0) is 19.3.